The quantitative estimate of drug-likeness (QED) is 0.654. The van der Waals surface area contributed by atoms with Crippen LogP contribution in [0.5, 0.6) is 0 Å². The van der Waals surface area contributed by atoms with Gasteiger partial charge in [-0.2, -0.15) is 0 Å². The molecule has 1 N–H and O–H groups in total. The Balaban J connectivity index is 2.27. The molecule has 2 aromatic rings. The van der Waals surface area contributed by atoms with Crippen LogP contribution >= 0.6 is 0 Å². The Morgan fingerprint density at radius 2 is 1.72 bits per heavy atom. The van der Waals surface area contributed by atoms with Crippen molar-refractivity contribution in [3.05, 3.63) is 70.3 Å². The molecule has 0 bridgehead atoms. The monoisotopic (exact) mass is 343 g/mol. The smallest absolute Gasteiger partial charge is 0.426 e. The number of nitrogens with one attached hydrogen (secondary N) is 1. The summed E-state index contributed by atoms with van der Waals surface area (Å²) in [5.74, 6) is 0. The summed E-state index contributed by atoms with van der Waals surface area (Å²) < 4.78 is 5.28. The summed E-state index contributed by atoms with van der Waals surface area (Å²) in [5, 5.41) is 12.7. The van der Waals surface area contributed by atoms with Crippen LogP contribution in [-0.4, -0.2) is 16.6 Å². The van der Waals surface area contributed by atoms with Gasteiger partial charge in [-0.1, -0.05) is 36.4 Å². The molecule has 0 aliphatic carbocycles. The summed E-state index contributed by atoms with van der Waals surface area (Å²) in [6.45, 7) is 5.42. The third kappa shape index (κ3) is 5.49. The topological polar surface area (TPSA) is 84.7 Å². The third-order valence-electron chi connectivity index (χ3n) is 3.21. The van der Waals surface area contributed by atoms with Crippen LogP contribution < -0.4 is 10.4 Å². The van der Waals surface area contributed by atoms with Crippen molar-refractivity contribution < 1.29 is 14.5 Å². The van der Waals surface area contributed by atoms with E-state index >= 15 is 0 Å². The number of rotatable bonds is 5. The molecule has 2 rings (SSSR count). The molecular weight excluding hydrogens is 322 g/mol. The number of hydrazine groups is 1. The Kier molecular flexibility index (Phi) is 5.59. The summed E-state index contributed by atoms with van der Waals surface area (Å²) in [4.78, 5) is 22.9. The number of benzene rings is 2. The molecule has 7 nitrogen and oxygen atoms in total. The highest BCUT2D eigenvalue weighted by Crippen LogP contribution is 2.22. The summed E-state index contributed by atoms with van der Waals surface area (Å²) >= 11 is 0. The summed E-state index contributed by atoms with van der Waals surface area (Å²) in [6, 6.07) is 15.5. The van der Waals surface area contributed by atoms with Gasteiger partial charge >= 0.3 is 6.09 Å². The van der Waals surface area contributed by atoms with Crippen LogP contribution in [0.3, 0.4) is 0 Å². The van der Waals surface area contributed by atoms with Crippen LogP contribution in [0.15, 0.2) is 54.6 Å². The standard InChI is InChI=1S/C18H21N3O4/c1-18(2,3)25-17(22)19-20(15-10-5-4-6-11-15)13-14-9-7-8-12-16(14)21(23)24/h4-12H,13H2,1-3H3,(H,19,22). The Bertz CT molecular complexity index is 741. The molecule has 0 aromatic heterocycles. The summed E-state index contributed by atoms with van der Waals surface area (Å²) in [6.07, 6.45) is -0.630. The van der Waals surface area contributed by atoms with Crippen molar-refractivity contribution >= 4 is 17.5 Å². The van der Waals surface area contributed by atoms with Gasteiger partial charge in [-0.15, -0.1) is 0 Å². The molecule has 25 heavy (non-hydrogen) atoms. The average Bonchev–Trinajstić information content (AvgIpc) is 2.53. The molecule has 0 aliphatic heterocycles. The fraction of sp³-hybridized carbons (Fsp3) is 0.278. The number of para-hydroxylation sites is 2. The predicted octanol–water partition coefficient (Wildman–Crippen LogP) is 4.04. The minimum absolute atomic E-state index is 0.00517. The molecule has 2 aromatic carbocycles. The molecule has 0 unspecified atom stereocenters. The van der Waals surface area contributed by atoms with Crippen molar-refractivity contribution in [2.24, 2.45) is 0 Å². The van der Waals surface area contributed by atoms with E-state index in [0.29, 0.717) is 11.3 Å². The molecule has 0 heterocycles. The van der Waals surface area contributed by atoms with E-state index in [0.717, 1.165) is 0 Å². The molecule has 132 valence electrons. The molecule has 0 saturated carbocycles. The Morgan fingerprint density at radius 3 is 2.32 bits per heavy atom. The number of hydrogen-bond acceptors (Lipinski definition) is 5. The second-order valence-corrected chi connectivity index (χ2v) is 6.42. The maximum atomic E-state index is 12.1. The van der Waals surface area contributed by atoms with Gasteiger partial charge in [0.15, 0.2) is 0 Å². The highest BCUT2D eigenvalue weighted by Gasteiger charge is 2.21. The van der Waals surface area contributed by atoms with E-state index in [1.165, 1.54) is 11.1 Å². The van der Waals surface area contributed by atoms with Crippen molar-refractivity contribution in [1.29, 1.82) is 0 Å². The van der Waals surface area contributed by atoms with Gasteiger partial charge in [-0.25, -0.2) is 10.2 Å². The number of nitro benzene ring substituents is 1. The Labute approximate surface area is 146 Å². The van der Waals surface area contributed by atoms with Gasteiger partial charge in [0.2, 0.25) is 0 Å². The van der Waals surface area contributed by atoms with Crippen LogP contribution in [0.2, 0.25) is 0 Å². The predicted molar refractivity (Wildman–Crippen MR) is 95.1 cm³/mol. The van der Waals surface area contributed by atoms with Gasteiger partial charge in [0, 0.05) is 6.07 Å². The van der Waals surface area contributed by atoms with Gasteiger partial charge in [0.1, 0.15) is 5.60 Å². The molecule has 0 radical (unpaired) electrons. The first-order valence-electron chi connectivity index (χ1n) is 7.81. The van der Waals surface area contributed by atoms with E-state index in [1.807, 2.05) is 18.2 Å². The lowest BCUT2D eigenvalue weighted by Gasteiger charge is -2.27. The number of anilines is 1. The highest BCUT2D eigenvalue weighted by molar-refractivity contribution is 5.70. The van der Waals surface area contributed by atoms with Crippen molar-refractivity contribution in [3.63, 3.8) is 0 Å². The zero-order valence-electron chi connectivity index (χ0n) is 14.4. The van der Waals surface area contributed by atoms with E-state index in [2.05, 4.69) is 5.43 Å². The molecule has 1 amide bonds. The average molecular weight is 343 g/mol. The minimum atomic E-state index is -0.648. The van der Waals surface area contributed by atoms with Gasteiger partial charge in [0.25, 0.3) is 5.69 Å². The Morgan fingerprint density at radius 1 is 1.12 bits per heavy atom. The molecule has 0 spiro atoms. The number of amides is 1. The van der Waals surface area contributed by atoms with E-state index in [9.17, 15) is 14.9 Å². The van der Waals surface area contributed by atoms with E-state index in [4.69, 9.17) is 4.74 Å². The fourth-order valence-electron chi connectivity index (χ4n) is 2.21. The molecule has 0 saturated heterocycles. The van der Waals surface area contributed by atoms with Crippen LogP contribution in [0.4, 0.5) is 16.2 Å². The highest BCUT2D eigenvalue weighted by atomic mass is 16.6. The maximum absolute atomic E-state index is 12.1. The zero-order chi connectivity index (χ0) is 18.4. The molecule has 7 heteroatoms. The Hall–Kier alpha value is -3.09. The van der Waals surface area contributed by atoms with Crippen LogP contribution in [0.1, 0.15) is 26.3 Å². The fourth-order valence-corrected chi connectivity index (χ4v) is 2.21. The van der Waals surface area contributed by atoms with Gasteiger partial charge < -0.3 is 4.74 Å². The van der Waals surface area contributed by atoms with Crippen LogP contribution in [-0.2, 0) is 11.3 Å². The normalized spacial score (nSPS) is 10.8. The first-order chi connectivity index (χ1) is 11.8. The van der Waals surface area contributed by atoms with E-state index in [-0.39, 0.29) is 12.2 Å². The first-order valence-corrected chi connectivity index (χ1v) is 7.81. The van der Waals surface area contributed by atoms with Gasteiger partial charge in [-0.3, -0.25) is 15.1 Å². The second-order valence-electron chi connectivity index (χ2n) is 6.42. The van der Waals surface area contributed by atoms with Crippen molar-refractivity contribution in [2.45, 2.75) is 32.9 Å². The van der Waals surface area contributed by atoms with Crippen molar-refractivity contribution in [1.82, 2.24) is 5.43 Å². The molecule has 0 aliphatic rings. The summed E-state index contributed by atoms with van der Waals surface area (Å²) in [5.41, 5.74) is 3.17. The molecule has 0 fully saturated rings. The SMILES string of the molecule is CC(C)(C)OC(=O)NN(Cc1ccccc1[N+](=O)[O-])c1ccccc1. The number of nitro groups is 1. The lowest BCUT2D eigenvalue weighted by atomic mass is 10.1. The zero-order valence-corrected chi connectivity index (χ0v) is 14.4. The third-order valence-corrected chi connectivity index (χ3v) is 3.21. The lowest BCUT2D eigenvalue weighted by molar-refractivity contribution is -0.385. The molecule has 0 atom stereocenters. The number of hydrogen-bond donors (Lipinski definition) is 1. The minimum Gasteiger partial charge on any atom is -0.443 e. The van der Waals surface area contributed by atoms with Crippen LogP contribution in [0.25, 0.3) is 0 Å². The number of nitrogens with zero attached hydrogens (tertiary/aromatic N) is 2. The summed E-state index contributed by atoms with van der Waals surface area (Å²) in [7, 11) is 0. The van der Waals surface area contributed by atoms with Crippen molar-refractivity contribution in [3.8, 4) is 0 Å². The number of ether oxygens (including phenoxy) is 1. The van der Waals surface area contributed by atoms with Gasteiger partial charge in [-0.05, 0) is 32.9 Å². The number of carbonyl (C=O) groups is 1. The molecular formula is C18H21N3O4. The maximum Gasteiger partial charge on any atom is 0.426 e. The number of carbonyl (C=O) groups excluding carboxylic acids is 1. The first kappa shape index (κ1) is 18.3. The van der Waals surface area contributed by atoms with E-state index < -0.39 is 16.6 Å². The van der Waals surface area contributed by atoms with Gasteiger partial charge in [0.05, 0.1) is 22.7 Å². The van der Waals surface area contributed by atoms with Crippen LogP contribution in [0, 0.1) is 10.1 Å². The lowest BCUT2D eigenvalue weighted by Crippen LogP contribution is -2.44. The second kappa shape index (κ2) is 7.65. The van der Waals surface area contributed by atoms with Crippen molar-refractivity contribution in [2.75, 3.05) is 5.01 Å². The largest absolute Gasteiger partial charge is 0.443 e. The van der Waals surface area contributed by atoms with E-state index in [1.54, 1.807) is 51.1 Å².